The molecule has 0 bridgehead atoms. The Morgan fingerprint density at radius 2 is 1.40 bits per heavy atom. The average molecular weight is 423 g/mol. The molecule has 0 aliphatic rings. The maximum absolute atomic E-state index is 12.9. The lowest BCUT2D eigenvalue weighted by molar-refractivity contribution is -0.190. The molecule has 1 amide bonds. The smallest absolute Gasteiger partial charge is 0.303 e. The molecule has 10 nitrogen and oxygen atoms in total. The van der Waals surface area contributed by atoms with E-state index in [-0.39, 0.29) is 0 Å². The van der Waals surface area contributed by atoms with Crippen molar-refractivity contribution >= 4 is 35.5 Å². The fraction of sp³-hybridized carbons (Fsp3) is 0.450. The van der Waals surface area contributed by atoms with Crippen LogP contribution in [0.15, 0.2) is 24.3 Å². The molecule has 3 atom stereocenters. The lowest BCUT2D eigenvalue weighted by Crippen LogP contribution is -2.52. The van der Waals surface area contributed by atoms with Crippen LogP contribution in [-0.2, 0) is 42.9 Å². The Balaban J connectivity index is 3.30. The highest BCUT2D eigenvalue weighted by Crippen LogP contribution is 2.19. The number of anilines is 1. The van der Waals surface area contributed by atoms with Crippen LogP contribution in [0.2, 0.25) is 0 Å². The molecule has 1 N–H and O–H groups in total. The van der Waals surface area contributed by atoms with Gasteiger partial charge in [0.15, 0.2) is 12.2 Å². The molecule has 0 unspecified atom stereocenters. The Morgan fingerprint density at radius 1 is 0.833 bits per heavy atom. The maximum atomic E-state index is 12.9. The van der Waals surface area contributed by atoms with Crippen LogP contribution in [0.4, 0.5) is 5.69 Å². The molecular formula is C20H25NO9. The normalized spacial score (nSPS) is 13.2. The Kier molecular flexibility index (Phi) is 9.47. The second-order valence-corrected chi connectivity index (χ2v) is 6.36. The van der Waals surface area contributed by atoms with Gasteiger partial charge in [-0.25, -0.2) is 0 Å². The molecule has 0 heterocycles. The van der Waals surface area contributed by atoms with Gasteiger partial charge in [0.05, 0.1) is 0 Å². The van der Waals surface area contributed by atoms with Crippen LogP contribution in [0.3, 0.4) is 0 Å². The number of esters is 4. The van der Waals surface area contributed by atoms with E-state index in [4.69, 9.17) is 18.9 Å². The summed E-state index contributed by atoms with van der Waals surface area (Å²) < 4.78 is 20.2. The summed E-state index contributed by atoms with van der Waals surface area (Å²) in [6, 6.07) is 6.84. The molecule has 164 valence electrons. The summed E-state index contributed by atoms with van der Waals surface area (Å²) in [6.07, 6.45) is -4.66. The number of nitrogens with one attached hydrogen (secondary N) is 1. The topological polar surface area (TPSA) is 134 Å². The number of amides is 1. The third-order valence-corrected chi connectivity index (χ3v) is 3.69. The van der Waals surface area contributed by atoms with Gasteiger partial charge >= 0.3 is 23.9 Å². The molecule has 0 fully saturated rings. The minimum absolute atomic E-state index is 0.435. The highest BCUT2D eigenvalue weighted by Gasteiger charge is 2.42. The largest absolute Gasteiger partial charge is 0.462 e. The van der Waals surface area contributed by atoms with Crippen LogP contribution in [0.25, 0.3) is 0 Å². The fourth-order valence-corrected chi connectivity index (χ4v) is 2.50. The van der Waals surface area contributed by atoms with Gasteiger partial charge in [-0.05, 0) is 18.6 Å². The molecule has 0 spiro atoms. The Hall–Kier alpha value is -3.43. The van der Waals surface area contributed by atoms with E-state index >= 15 is 0 Å². The van der Waals surface area contributed by atoms with E-state index in [2.05, 4.69) is 5.32 Å². The molecule has 10 heteroatoms. The summed E-state index contributed by atoms with van der Waals surface area (Å²) in [5.74, 6) is -3.98. The maximum Gasteiger partial charge on any atom is 0.303 e. The van der Waals surface area contributed by atoms with E-state index in [1.807, 2.05) is 0 Å². The molecule has 0 aliphatic heterocycles. The highest BCUT2D eigenvalue weighted by molar-refractivity contribution is 5.96. The van der Waals surface area contributed by atoms with E-state index in [9.17, 15) is 24.0 Å². The summed E-state index contributed by atoms with van der Waals surface area (Å²) in [6.45, 7) is 5.56. The predicted octanol–water partition coefficient (Wildman–Crippen LogP) is 1.29. The third kappa shape index (κ3) is 8.29. The summed E-state index contributed by atoms with van der Waals surface area (Å²) >= 11 is 0. The minimum atomic E-state index is -1.69. The first-order chi connectivity index (χ1) is 14.0. The second-order valence-electron chi connectivity index (χ2n) is 6.36. The molecular weight excluding hydrogens is 398 g/mol. The van der Waals surface area contributed by atoms with E-state index in [1.54, 1.807) is 31.2 Å². The van der Waals surface area contributed by atoms with Crippen molar-refractivity contribution in [2.75, 3.05) is 11.9 Å². The Morgan fingerprint density at radius 3 is 1.90 bits per heavy atom. The average Bonchev–Trinajstić information content (AvgIpc) is 2.62. The van der Waals surface area contributed by atoms with Crippen LogP contribution >= 0.6 is 0 Å². The van der Waals surface area contributed by atoms with Crippen molar-refractivity contribution in [3.63, 3.8) is 0 Å². The molecule has 1 rings (SSSR count). The van der Waals surface area contributed by atoms with Gasteiger partial charge in [-0.1, -0.05) is 18.2 Å². The zero-order chi connectivity index (χ0) is 22.8. The first-order valence-electron chi connectivity index (χ1n) is 9.02. The van der Waals surface area contributed by atoms with Crippen molar-refractivity contribution in [2.45, 2.75) is 52.9 Å². The van der Waals surface area contributed by atoms with Gasteiger partial charge in [0.1, 0.15) is 6.61 Å². The van der Waals surface area contributed by atoms with Crippen LogP contribution in [-0.4, -0.2) is 54.7 Å². The summed E-state index contributed by atoms with van der Waals surface area (Å²) in [5.41, 5.74) is 1.16. The van der Waals surface area contributed by atoms with Crippen LogP contribution in [0.1, 0.15) is 33.3 Å². The number of carbonyl (C=O) groups is 5. The molecule has 0 saturated carbocycles. The lowest BCUT2D eigenvalue weighted by Gasteiger charge is -2.31. The number of para-hydroxylation sites is 1. The third-order valence-electron chi connectivity index (χ3n) is 3.69. The van der Waals surface area contributed by atoms with Crippen molar-refractivity contribution < 1.29 is 42.9 Å². The quantitative estimate of drug-likeness (QED) is 0.460. The SMILES string of the molecule is CC(=O)OC[C@@H](OC(C)=O)[C@H](OC(C)=O)[C@@H](OC(C)=O)C(=O)Nc1ccccc1C. The van der Waals surface area contributed by atoms with Crippen LogP contribution in [0, 0.1) is 6.92 Å². The first-order valence-corrected chi connectivity index (χ1v) is 9.02. The van der Waals surface area contributed by atoms with E-state index in [0.29, 0.717) is 5.69 Å². The molecule has 1 aromatic rings. The predicted molar refractivity (Wildman–Crippen MR) is 103 cm³/mol. The van der Waals surface area contributed by atoms with Gasteiger partial charge < -0.3 is 24.3 Å². The van der Waals surface area contributed by atoms with Gasteiger partial charge in [-0.3, -0.25) is 24.0 Å². The summed E-state index contributed by atoms with van der Waals surface area (Å²) in [4.78, 5) is 59.0. The van der Waals surface area contributed by atoms with Gasteiger partial charge in [0, 0.05) is 33.4 Å². The number of hydrogen-bond acceptors (Lipinski definition) is 9. The van der Waals surface area contributed by atoms with Gasteiger partial charge in [0.25, 0.3) is 5.91 Å². The molecule has 1 aromatic carbocycles. The van der Waals surface area contributed by atoms with Crippen molar-refractivity contribution in [1.82, 2.24) is 0 Å². The molecule has 30 heavy (non-hydrogen) atoms. The monoisotopic (exact) mass is 423 g/mol. The number of aryl methyl sites for hydroxylation is 1. The lowest BCUT2D eigenvalue weighted by atomic mass is 10.1. The van der Waals surface area contributed by atoms with Crippen molar-refractivity contribution in [1.29, 1.82) is 0 Å². The van der Waals surface area contributed by atoms with Gasteiger partial charge in [-0.2, -0.15) is 0 Å². The first kappa shape index (κ1) is 24.6. The molecule has 0 aromatic heterocycles. The number of rotatable bonds is 9. The number of carbonyl (C=O) groups excluding carboxylic acids is 5. The number of ether oxygens (including phenoxy) is 4. The van der Waals surface area contributed by atoms with E-state index in [1.165, 1.54) is 0 Å². The zero-order valence-electron chi connectivity index (χ0n) is 17.4. The standard InChI is InChI=1S/C20H25NO9/c1-11-8-6-7-9-16(11)21-20(26)19(30-15(5)25)18(29-14(4)24)17(28-13(3)23)10-27-12(2)22/h6-9,17-19H,10H2,1-5H3,(H,21,26)/t17-,18+,19-/m1/s1. The van der Waals surface area contributed by atoms with Crippen molar-refractivity contribution in [3.8, 4) is 0 Å². The van der Waals surface area contributed by atoms with Crippen molar-refractivity contribution in [2.24, 2.45) is 0 Å². The minimum Gasteiger partial charge on any atom is -0.462 e. The summed E-state index contributed by atoms with van der Waals surface area (Å²) in [5, 5.41) is 2.59. The fourth-order valence-electron chi connectivity index (χ4n) is 2.50. The Bertz CT molecular complexity index is 805. The number of hydrogen-bond donors (Lipinski definition) is 1. The van der Waals surface area contributed by atoms with Gasteiger partial charge in [-0.15, -0.1) is 0 Å². The Labute approximate surface area is 173 Å². The van der Waals surface area contributed by atoms with Crippen molar-refractivity contribution in [3.05, 3.63) is 29.8 Å². The molecule has 0 saturated heterocycles. The zero-order valence-corrected chi connectivity index (χ0v) is 17.4. The van der Waals surface area contributed by atoms with Crippen LogP contribution in [0.5, 0.6) is 0 Å². The second kappa shape index (κ2) is 11.5. The molecule has 0 aliphatic carbocycles. The van der Waals surface area contributed by atoms with Crippen LogP contribution < -0.4 is 5.32 Å². The highest BCUT2D eigenvalue weighted by atomic mass is 16.6. The van der Waals surface area contributed by atoms with Gasteiger partial charge in [0.2, 0.25) is 6.10 Å². The van der Waals surface area contributed by atoms with E-state index < -0.39 is 54.7 Å². The summed E-state index contributed by atoms with van der Waals surface area (Å²) in [7, 11) is 0. The molecule has 0 radical (unpaired) electrons. The number of benzene rings is 1. The van der Waals surface area contributed by atoms with E-state index in [0.717, 1.165) is 33.3 Å².